The van der Waals surface area contributed by atoms with E-state index in [4.69, 9.17) is 19.0 Å². The zero-order valence-corrected chi connectivity index (χ0v) is 18.4. The van der Waals surface area contributed by atoms with Crippen molar-refractivity contribution in [3.05, 3.63) is 41.3 Å². The van der Waals surface area contributed by atoms with Crippen molar-refractivity contribution in [2.75, 3.05) is 20.4 Å². The van der Waals surface area contributed by atoms with Crippen LogP contribution in [0, 0.1) is 6.92 Å². The first-order chi connectivity index (χ1) is 12.8. The molecule has 0 aliphatic heterocycles. The van der Waals surface area contributed by atoms with Crippen LogP contribution < -0.4 is 4.74 Å². The number of ether oxygens (including phenoxy) is 3. The van der Waals surface area contributed by atoms with Gasteiger partial charge in [-0.05, 0) is 25.5 Å². The van der Waals surface area contributed by atoms with Crippen molar-refractivity contribution >= 4 is 19.8 Å². The molecule has 1 rings (SSSR count). The highest BCUT2D eigenvalue weighted by molar-refractivity contribution is 6.78. The highest BCUT2D eigenvalue weighted by Gasteiger charge is 2.23. The van der Waals surface area contributed by atoms with Crippen LogP contribution in [0.4, 0.5) is 0 Å². The second kappa shape index (κ2) is 10.8. The number of hydrogen-bond acceptors (Lipinski definition) is 6. The highest BCUT2D eigenvalue weighted by Crippen LogP contribution is 2.23. The largest absolute Gasteiger partial charge is 0.500 e. The molecule has 0 heterocycles. The third-order valence-corrected chi connectivity index (χ3v) is 9.00. The summed E-state index contributed by atoms with van der Waals surface area (Å²) in [5.41, 5.74) is 2.47. The van der Waals surface area contributed by atoms with Crippen LogP contribution in [-0.4, -0.2) is 40.2 Å². The van der Waals surface area contributed by atoms with Crippen molar-refractivity contribution < 1.29 is 23.8 Å². The van der Waals surface area contributed by atoms with E-state index in [2.05, 4.69) is 25.6 Å². The minimum Gasteiger partial charge on any atom is -0.500 e. The molecule has 0 bridgehead atoms. The smallest absolute Gasteiger partial charge is 0.377 e. The van der Waals surface area contributed by atoms with Gasteiger partial charge < -0.3 is 19.0 Å². The SMILES string of the molecule is CC[Si](C)(CC)CON=C(C)c1ccc(C)c(OC(=COC)C(=O)OC)c1. The predicted octanol–water partition coefficient (Wildman–Crippen LogP) is 4.43. The van der Waals surface area contributed by atoms with Gasteiger partial charge in [-0.1, -0.05) is 49.8 Å². The Hall–Kier alpha value is -2.28. The fourth-order valence-electron chi connectivity index (χ4n) is 2.17. The molecule has 6 nitrogen and oxygen atoms in total. The van der Waals surface area contributed by atoms with E-state index >= 15 is 0 Å². The molecule has 0 saturated carbocycles. The van der Waals surface area contributed by atoms with Crippen LogP contribution in [0.1, 0.15) is 31.9 Å². The first-order valence-corrected chi connectivity index (χ1v) is 12.2. The van der Waals surface area contributed by atoms with Crippen molar-refractivity contribution in [1.82, 2.24) is 0 Å². The van der Waals surface area contributed by atoms with Gasteiger partial charge in [-0.3, -0.25) is 0 Å². The molecule has 1 aromatic carbocycles. The number of oxime groups is 1. The number of hydrogen-bond donors (Lipinski definition) is 0. The van der Waals surface area contributed by atoms with Gasteiger partial charge in [0.15, 0.2) is 0 Å². The summed E-state index contributed by atoms with van der Waals surface area (Å²) in [6, 6.07) is 8.01. The lowest BCUT2D eigenvalue weighted by Gasteiger charge is -2.21. The van der Waals surface area contributed by atoms with Crippen LogP contribution in [0.5, 0.6) is 5.75 Å². The van der Waals surface area contributed by atoms with E-state index in [0.717, 1.165) is 16.8 Å². The predicted molar refractivity (Wildman–Crippen MR) is 110 cm³/mol. The highest BCUT2D eigenvalue weighted by atomic mass is 28.3. The first kappa shape index (κ1) is 22.8. The Kier molecular flexibility index (Phi) is 9.07. The Morgan fingerprint density at radius 2 is 1.89 bits per heavy atom. The van der Waals surface area contributed by atoms with Crippen LogP contribution in [0.2, 0.25) is 18.6 Å². The molecular weight excluding hydrogens is 362 g/mol. The Balaban J connectivity index is 2.98. The molecule has 0 radical (unpaired) electrons. The average molecular weight is 394 g/mol. The summed E-state index contributed by atoms with van der Waals surface area (Å²) in [6.07, 6.45) is 1.92. The number of aryl methyl sites for hydroxylation is 1. The molecule has 0 aliphatic carbocycles. The van der Waals surface area contributed by atoms with Crippen molar-refractivity contribution in [3.63, 3.8) is 0 Å². The lowest BCUT2D eigenvalue weighted by molar-refractivity contribution is -0.138. The maximum absolute atomic E-state index is 11.8. The second-order valence-corrected chi connectivity index (χ2v) is 12.1. The van der Waals surface area contributed by atoms with E-state index in [1.54, 1.807) is 0 Å². The number of carbonyl (C=O) groups is 1. The van der Waals surface area contributed by atoms with Crippen molar-refractivity contribution in [2.24, 2.45) is 5.16 Å². The topological polar surface area (TPSA) is 66.3 Å². The van der Waals surface area contributed by atoms with Gasteiger partial charge in [0.05, 0.1) is 28.0 Å². The zero-order valence-electron chi connectivity index (χ0n) is 17.4. The third kappa shape index (κ3) is 6.75. The van der Waals surface area contributed by atoms with E-state index in [1.807, 2.05) is 32.0 Å². The van der Waals surface area contributed by atoms with E-state index in [1.165, 1.54) is 32.6 Å². The van der Waals surface area contributed by atoms with Crippen molar-refractivity contribution in [1.29, 1.82) is 0 Å². The van der Waals surface area contributed by atoms with Crippen molar-refractivity contribution in [3.8, 4) is 5.75 Å². The Bertz CT molecular complexity index is 696. The molecular formula is C20H31NO5Si. The lowest BCUT2D eigenvalue weighted by Crippen LogP contribution is -2.34. The maximum atomic E-state index is 11.8. The van der Waals surface area contributed by atoms with Gasteiger partial charge >= 0.3 is 5.97 Å². The quantitative estimate of drug-likeness (QED) is 0.147. The van der Waals surface area contributed by atoms with Gasteiger partial charge in [-0.15, -0.1) is 0 Å². The summed E-state index contributed by atoms with van der Waals surface area (Å²) in [5, 5.41) is 4.28. The fourth-order valence-corrected chi connectivity index (χ4v) is 3.45. The molecule has 1 aromatic rings. The van der Waals surface area contributed by atoms with Gasteiger partial charge in [-0.25, -0.2) is 4.79 Å². The van der Waals surface area contributed by atoms with Gasteiger partial charge in [-0.2, -0.15) is 0 Å². The molecule has 0 saturated heterocycles. The van der Waals surface area contributed by atoms with Gasteiger partial charge in [0, 0.05) is 5.56 Å². The molecule has 0 fully saturated rings. The molecule has 0 unspecified atom stereocenters. The minimum absolute atomic E-state index is 0.0289. The molecule has 150 valence electrons. The molecule has 0 aliphatic rings. The molecule has 0 spiro atoms. The van der Waals surface area contributed by atoms with E-state index < -0.39 is 14.0 Å². The fraction of sp³-hybridized carbons (Fsp3) is 0.500. The molecule has 0 atom stereocenters. The lowest BCUT2D eigenvalue weighted by atomic mass is 10.1. The van der Waals surface area contributed by atoms with Crippen LogP contribution in [0.25, 0.3) is 0 Å². The van der Waals surface area contributed by atoms with Crippen LogP contribution in [0.15, 0.2) is 35.4 Å². The Morgan fingerprint density at radius 1 is 1.22 bits per heavy atom. The van der Waals surface area contributed by atoms with Gasteiger partial charge in [0.1, 0.15) is 18.2 Å². The molecule has 27 heavy (non-hydrogen) atoms. The molecule has 7 heteroatoms. The molecule has 0 aromatic heterocycles. The Labute approximate surface area is 163 Å². The first-order valence-electron chi connectivity index (χ1n) is 9.07. The number of carbonyl (C=O) groups excluding carboxylic acids is 1. The summed E-state index contributed by atoms with van der Waals surface area (Å²) in [6.45, 7) is 10.5. The molecule has 0 N–H and O–H groups in total. The normalized spacial score (nSPS) is 12.6. The van der Waals surface area contributed by atoms with Gasteiger partial charge in [0.25, 0.3) is 0 Å². The summed E-state index contributed by atoms with van der Waals surface area (Å²) in [5.74, 6) is -0.116. The van der Waals surface area contributed by atoms with E-state index in [0.29, 0.717) is 12.0 Å². The van der Waals surface area contributed by atoms with Gasteiger partial charge in [0.2, 0.25) is 5.76 Å². The second-order valence-electron chi connectivity index (χ2n) is 6.76. The number of nitrogens with zero attached hydrogens (tertiary/aromatic N) is 1. The monoisotopic (exact) mass is 393 g/mol. The number of esters is 1. The third-order valence-electron chi connectivity index (χ3n) is 4.76. The Morgan fingerprint density at radius 3 is 2.44 bits per heavy atom. The standard InChI is InChI=1S/C20H31NO5Si/c1-8-27(7,9-2)14-25-21-16(4)17-11-10-15(3)18(12-17)26-19(13-23-5)20(22)24-6/h10-13H,8-9,14H2,1-7H3. The maximum Gasteiger partial charge on any atom is 0.377 e. The van der Waals surface area contributed by atoms with Crippen LogP contribution >= 0.6 is 0 Å². The summed E-state index contributed by atoms with van der Waals surface area (Å²) >= 11 is 0. The van der Waals surface area contributed by atoms with Crippen molar-refractivity contribution in [2.45, 2.75) is 46.3 Å². The molecule has 0 amide bonds. The summed E-state index contributed by atoms with van der Waals surface area (Å²) in [4.78, 5) is 17.4. The summed E-state index contributed by atoms with van der Waals surface area (Å²) < 4.78 is 15.3. The minimum atomic E-state index is -1.36. The van der Waals surface area contributed by atoms with E-state index in [-0.39, 0.29) is 5.76 Å². The summed E-state index contributed by atoms with van der Waals surface area (Å²) in [7, 11) is 1.37. The van der Waals surface area contributed by atoms with Crippen LogP contribution in [-0.2, 0) is 19.1 Å². The number of methoxy groups -OCH3 is 2. The van der Waals surface area contributed by atoms with E-state index in [9.17, 15) is 4.79 Å². The number of rotatable bonds is 10. The average Bonchev–Trinajstić information content (AvgIpc) is 2.68. The van der Waals surface area contributed by atoms with Crippen LogP contribution in [0.3, 0.4) is 0 Å². The number of benzene rings is 1. The zero-order chi connectivity index (χ0) is 20.4.